The summed E-state index contributed by atoms with van der Waals surface area (Å²) in [5.41, 5.74) is -0.0278. The van der Waals surface area contributed by atoms with Crippen LogP contribution in [0.3, 0.4) is 0 Å². The van der Waals surface area contributed by atoms with Crippen molar-refractivity contribution in [3.63, 3.8) is 0 Å². The Bertz CT molecular complexity index is 308. The maximum atomic E-state index is 12.3. The fourth-order valence-electron chi connectivity index (χ4n) is 0.620. The SMILES string of the molecule is C=CCC.O=Cc1cc(F)ccc1O. The molecule has 2 nitrogen and oxygen atoms in total. The van der Waals surface area contributed by atoms with Crippen molar-refractivity contribution < 1.29 is 14.3 Å². The fourth-order valence-corrected chi connectivity index (χ4v) is 0.620. The quantitative estimate of drug-likeness (QED) is 0.583. The molecule has 0 amide bonds. The molecule has 0 spiro atoms. The second-order valence-electron chi connectivity index (χ2n) is 2.52. The van der Waals surface area contributed by atoms with Crippen molar-refractivity contribution in [2.45, 2.75) is 13.3 Å². The summed E-state index contributed by atoms with van der Waals surface area (Å²) >= 11 is 0. The average molecular weight is 196 g/mol. The number of allylic oxidation sites excluding steroid dienone is 1. The van der Waals surface area contributed by atoms with Gasteiger partial charge >= 0.3 is 0 Å². The summed E-state index contributed by atoms with van der Waals surface area (Å²) in [5, 5.41) is 8.84. The Kier molecular flexibility index (Phi) is 6.03. The van der Waals surface area contributed by atoms with Crippen molar-refractivity contribution in [1.82, 2.24) is 0 Å². The molecule has 0 aliphatic rings. The van der Waals surface area contributed by atoms with Crippen LogP contribution in [0.5, 0.6) is 5.75 Å². The van der Waals surface area contributed by atoms with E-state index in [1.54, 1.807) is 0 Å². The monoisotopic (exact) mass is 196 g/mol. The molecule has 0 radical (unpaired) electrons. The maximum absolute atomic E-state index is 12.3. The Labute approximate surface area is 82.7 Å². The largest absolute Gasteiger partial charge is 0.507 e. The Balaban J connectivity index is 0.000000364. The van der Waals surface area contributed by atoms with Crippen LogP contribution in [0.4, 0.5) is 4.39 Å². The molecule has 0 saturated carbocycles. The zero-order chi connectivity index (χ0) is 11.0. The lowest BCUT2D eigenvalue weighted by Crippen LogP contribution is -1.82. The molecule has 1 aromatic rings. The van der Waals surface area contributed by atoms with E-state index in [0.29, 0.717) is 6.29 Å². The second-order valence-corrected chi connectivity index (χ2v) is 2.52. The van der Waals surface area contributed by atoms with Crippen LogP contribution in [0, 0.1) is 5.82 Å². The van der Waals surface area contributed by atoms with E-state index in [2.05, 4.69) is 13.5 Å². The highest BCUT2D eigenvalue weighted by Gasteiger charge is 1.99. The normalized spacial score (nSPS) is 8.43. The van der Waals surface area contributed by atoms with Gasteiger partial charge in [-0.2, -0.15) is 0 Å². The summed E-state index contributed by atoms with van der Waals surface area (Å²) in [7, 11) is 0. The number of benzene rings is 1. The summed E-state index contributed by atoms with van der Waals surface area (Å²) < 4.78 is 12.3. The van der Waals surface area contributed by atoms with Crippen molar-refractivity contribution in [1.29, 1.82) is 0 Å². The summed E-state index contributed by atoms with van der Waals surface area (Å²) in [4.78, 5) is 10.1. The molecule has 1 aromatic carbocycles. The molecular formula is C11H13FO2. The fraction of sp³-hybridized carbons (Fsp3) is 0.182. The van der Waals surface area contributed by atoms with Gasteiger partial charge in [0.2, 0.25) is 0 Å². The van der Waals surface area contributed by atoms with Crippen LogP contribution < -0.4 is 0 Å². The minimum absolute atomic E-state index is 0.0278. The van der Waals surface area contributed by atoms with Gasteiger partial charge in [-0.3, -0.25) is 4.79 Å². The molecule has 76 valence electrons. The number of rotatable bonds is 2. The van der Waals surface area contributed by atoms with E-state index in [4.69, 9.17) is 5.11 Å². The zero-order valence-corrected chi connectivity index (χ0v) is 8.03. The molecular weight excluding hydrogens is 183 g/mol. The van der Waals surface area contributed by atoms with E-state index in [9.17, 15) is 9.18 Å². The number of aromatic hydroxyl groups is 1. The predicted octanol–water partition coefficient (Wildman–Crippen LogP) is 2.93. The molecule has 0 aliphatic carbocycles. The molecule has 0 heterocycles. The first-order valence-corrected chi connectivity index (χ1v) is 4.20. The second kappa shape index (κ2) is 6.83. The maximum Gasteiger partial charge on any atom is 0.153 e. The molecule has 3 heteroatoms. The first-order chi connectivity index (χ1) is 6.65. The third-order valence-corrected chi connectivity index (χ3v) is 1.41. The standard InChI is InChI=1S/C7H5FO2.C4H8/c8-6-1-2-7(10)5(3-6)4-9;1-3-4-2/h1-4,10H;3H,1,4H2,2H3. The molecule has 14 heavy (non-hydrogen) atoms. The number of halogens is 1. The van der Waals surface area contributed by atoms with Gasteiger partial charge in [0, 0.05) is 0 Å². The van der Waals surface area contributed by atoms with Crippen molar-refractivity contribution >= 4 is 6.29 Å². The van der Waals surface area contributed by atoms with Crippen LogP contribution >= 0.6 is 0 Å². The number of hydrogen-bond donors (Lipinski definition) is 1. The zero-order valence-electron chi connectivity index (χ0n) is 8.03. The van der Waals surface area contributed by atoms with Gasteiger partial charge < -0.3 is 5.11 Å². The van der Waals surface area contributed by atoms with Gasteiger partial charge in [0.1, 0.15) is 11.6 Å². The van der Waals surface area contributed by atoms with Crippen LogP contribution in [0.1, 0.15) is 23.7 Å². The van der Waals surface area contributed by atoms with E-state index < -0.39 is 5.82 Å². The third-order valence-electron chi connectivity index (χ3n) is 1.41. The molecule has 0 fully saturated rings. The van der Waals surface area contributed by atoms with Crippen molar-refractivity contribution in [3.8, 4) is 5.75 Å². The number of phenols is 1. The molecule has 0 aromatic heterocycles. The van der Waals surface area contributed by atoms with E-state index in [1.165, 1.54) is 0 Å². The van der Waals surface area contributed by atoms with Gasteiger partial charge in [-0.05, 0) is 24.6 Å². The van der Waals surface area contributed by atoms with E-state index >= 15 is 0 Å². The lowest BCUT2D eigenvalue weighted by molar-refractivity contribution is 0.112. The van der Waals surface area contributed by atoms with Crippen molar-refractivity contribution in [3.05, 3.63) is 42.2 Å². The van der Waals surface area contributed by atoms with Crippen LogP contribution in [0.15, 0.2) is 30.9 Å². The highest BCUT2D eigenvalue weighted by Crippen LogP contribution is 2.14. The minimum atomic E-state index is -0.528. The highest BCUT2D eigenvalue weighted by molar-refractivity contribution is 5.78. The van der Waals surface area contributed by atoms with Gasteiger partial charge in [0.15, 0.2) is 6.29 Å². The number of hydrogen-bond acceptors (Lipinski definition) is 2. The molecule has 0 unspecified atom stereocenters. The van der Waals surface area contributed by atoms with Gasteiger partial charge in [-0.1, -0.05) is 13.0 Å². The van der Waals surface area contributed by atoms with Crippen molar-refractivity contribution in [2.24, 2.45) is 0 Å². The molecule has 0 bridgehead atoms. The number of aldehydes is 1. The lowest BCUT2D eigenvalue weighted by Gasteiger charge is -1.93. The number of carbonyl (C=O) groups excluding carboxylic acids is 1. The third kappa shape index (κ3) is 4.40. The summed E-state index contributed by atoms with van der Waals surface area (Å²) in [6.07, 6.45) is 3.36. The molecule has 0 atom stereocenters. The van der Waals surface area contributed by atoms with Crippen molar-refractivity contribution in [2.75, 3.05) is 0 Å². The Morgan fingerprint density at radius 1 is 1.57 bits per heavy atom. The predicted molar refractivity (Wildman–Crippen MR) is 53.9 cm³/mol. The molecule has 0 aliphatic heterocycles. The Hall–Kier alpha value is -1.64. The number of phenolic OH excluding ortho intramolecular Hbond substituents is 1. The van der Waals surface area contributed by atoms with Crippen LogP contribution in [-0.4, -0.2) is 11.4 Å². The first-order valence-electron chi connectivity index (χ1n) is 4.20. The summed E-state index contributed by atoms with van der Waals surface area (Å²) in [6, 6.07) is 3.20. The van der Waals surface area contributed by atoms with E-state index in [0.717, 1.165) is 24.6 Å². The topological polar surface area (TPSA) is 37.3 Å². The minimum Gasteiger partial charge on any atom is -0.507 e. The smallest absolute Gasteiger partial charge is 0.153 e. The van der Waals surface area contributed by atoms with Crippen LogP contribution in [0.2, 0.25) is 0 Å². The molecule has 1 N–H and O–H groups in total. The van der Waals surface area contributed by atoms with Crippen LogP contribution in [-0.2, 0) is 0 Å². The Morgan fingerprint density at radius 2 is 2.14 bits per heavy atom. The van der Waals surface area contributed by atoms with Gasteiger partial charge in [-0.25, -0.2) is 4.39 Å². The first kappa shape index (κ1) is 12.4. The summed E-state index contributed by atoms with van der Waals surface area (Å²) in [5.74, 6) is -0.726. The number of carbonyl (C=O) groups is 1. The molecule has 0 saturated heterocycles. The van der Waals surface area contributed by atoms with Gasteiger partial charge in [0.25, 0.3) is 0 Å². The highest BCUT2D eigenvalue weighted by atomic mass is 19.1. The average Bonchev–Trinajstić information content (AvgIpc) is 2.22. The van der Waals surface area contributed by atoms with Gasteiger partial charge in [0.05, 0.1) is 5.56 Å². The van der Waals surface area contributed by atoms with E-state index in [-0.39, 0.29) is 11.3 Å². The summed E-state index contributed by atoms with van der Waals surface area (Å²) in [6.45, 7) is 5.54. The van der Waals surface area contributed by atoms with Gasteiger partial charge in [-0.15, -0.1) is 6.58 Å². The van der Waals surface area contributed by atoms with E-state index in [1.807, 2.05) is 6.08 Å². The lowest BCUT2D eigenvalue weighted by atomic mass is 10.2. The Morgan fingerprint density at radius 3 is 2.50 bits per heavy atom. The van der Waals surface area contributed by atoms with Crippen LogP contribution in [0.25, 0.3) is 0 Å². The molecule has 1 rings (SSSR count).